The van der Waals surface area contributed by atoms with E-state index in [-0.39, 0.29) is 5.91 Å². The van der Waals surface area contributed by atoms with Gasteiger partial charge in [-0.25, -0.2) is 0 Å². The van der Waals surface area contributed by atoms with E-state index in [9.17, 15) is 4.79 Å². The molecule has 128 valence electrons. The molecule has 1 amide bonds. The summed E-state index contributed by atoms with van der Waals surface area (Å²) in [5.74, 6) is 0.878. The third-order valence-electron chi connectivity index (χ3n) is 5.25. The van der Waals surface area contributed by atoms with Gasteiger partial charge >= 0.3 is 0 Å². The molecule has 0 aromatic carbocycles. The Morgan fingerprint density at radius 3 is 3.17 bits per heavy atom. The van der Waals surface area contributed by atoms with Gasteiger partial charge < -0.3 is 5.32 Å². The molecule has 0 bridgehead atoms. The predicted octanol–water partition coefficient (Wildman–Crippen LogP) is 3.72. The van der Waals surface area contributed by atoms with Gasteiger partial charge in [0.1, 0.15) is 0 Å². The summed E-state index contributed by atoms with van der Waals surface area (Å²) >= 11 is 3.64. The molecule has 4 rings (SSSR count). The van der Waals surface area contributed by atoms with Crippen molar-refractivity contribution < 1.29 is 4.79 Å². The fourth-order valence-electron chi connectivity index (χ4n) is 3.79. The van der Waals surface area contributed by atoms with Crippen LogP contribution < -0.4 is 5.32 Å². The Kier molecular flexibility index (Phi) is 4.74. The number of carbonyl (C=O) groups is 1. The summed E-state index contributed by atoms with van der Waals surface area (Å²) in [6, 6.07) is 2.24. The van der Waals surface area contributed by atoms with E-state index < -0.39 is 0 Å². The van der Waals surface area contributed by atoms with E-state index in [2.05, 4.69) is 34.0 Å². The van der Waals surface area contributed by atoms with Crippen molar-refractivity contribution in [3.05, 3.63) is 43.3 Å². The summed E-state index contributed by atoms with van der Waals surface area (Å²) in [5.41, 5.74) is 3.72. The van der Waals surface area contributed by atoms with Crippen LogP contribution in [0.4, 0.5) is 0 Å². The number of hydrogen-bond donors (Lipinski definition) is 1. The van der Waals surface area contributed by atoms with Crippen molar-refractivity contribution in [1.82, 2.24) is 10.2 Å². The topological polar surface area (TPSA) is 32.3 Å². The molecular formula is C19H24N2OS2. The van der Waals surface area contributed by atoms with Crippen LogP contribution in [-0.4, -0.2) is 30.4 Å². The van der Waals surface area contributed by atoms with Crippen molar-refractivity contribution in [2.75, 3.05) is 19.6 Å². The zero-order chi connectivity index (χ0) is 16.5. The molecule has 5 heteroatoms. The zero-order valence-electron chi connectivity index (χ0n) is 14.1. The van der Waals surface area contributed by atoms with E-state index in [4.69, 9.17) is 0 Å². The van der Waals surface area contributed by atoms with Crippen LogP contribution in [0.5, 0.6) is 0 Å². The van der Waals surface area contributed by atoms with Gasteiger partial charge in [-0.05, 0) is 54.2 Å². The predicted molar refractivity (Wildman–Crippen MR) is 101 cm³/mol. The molecule has 3 heterocycles. The minimum Gasteiger partial charge on any atom is -0.351 e. The first-order chi connectivity index (χ1) is 11.7. The first-order valence-electron chi connectivity index (χ1n) is 8.85. The Hall–Kier alpha value is -1.17. The molecule has 0 saturated carbocycles. The highest BCUT2D eigenvalue weighted by atomic mass is 32.1. The van der Waals surface area contributed by atoms with Crippen molar-refractivity contribution in [2.45, 2.75) is 39.2 Å². The molecule has 0 fully saturated rings. The molecule has 2 aromatic heterocycles. The van der Waals surface area contributed by atoms with Gasteiger partial charge in [-0.3, -0.25) is 9.69 Å². The molecule has 2 aromatic rings. The van der Waals surface area contributed by atoms with Gasteiger partial charge in [-0.2, -0.15) is 0 Å². The summed E-state index contributed by atoms with van der Waals surface area (Å²) in [4.78, 5) is 17.9. The average Bonchev–Trinajstić information content (AvgIpc) is 3.20. The Balaban J connectivity index is 1.30. The molecule has 24 heavy (non-hydrogen) atoms. The highest BCUT2D eigenvalue weighted by Gasteiger charge is 2.23. The van der Waals surface area contributed by atoms with Crippen LogP contribution in [0.3, 0.4) is 0 Å². The largest absolute Gasteiger partial charge is 0.351 e. The molecule has 0 spiro atoms. The van der Waals surface area contributed by atoms with Gasteiger partial charge in [-0.1, -0.05) is 6.92 Å². The second-order valence-electron chi connectivity index (χ2n) is 7.05. The first kappa shape index (κ1) is 16.3. The minimum absolute atomic E-state index is 0.121. The summed E-state index contributed by atoms with van der Waals surface area (Å²) < 4.78 is 0. The summed E-state index contributed by atoms with van der Waals surface area (Å²) in [6.07, 6.45) is 4.57. The van der Waals surface area contributed by atoms with Crippen LogP contribution in [0.2, 0.25) is 0 Å². The van der Waals surface area contributed by atoms with Crippen molar-refractivity contribution >= 4 is 28.6 Å². The third kappa shape index (κ3) is 3.30. The quantitative estimate of drug-likeness (QED) is 0.901. The number of nitrogens with one attached hydrogen (secondary N) is 1. The molecule has 2 aliphatic rings. The normalized spacial score (nSPS) is 20.5. The van der Waals surface area contributed by atoms with Crippen LogP contribution in [0.25, 0.3) is 0 Å². The molecule has 1 atom stereocenters. The molecule has 0 saturated heterocycles. The van der Waals surface area contributed by atoms with Crippen LogP contribution in [-0.2, 0) is 25.8 Å². The van der Waals surface area contributed by atoms with Gasteiger partial charge in [0.05, 0.1) is 5.56 Å². The fraction of sp³-hybridized carbons (Fsp3) is 0.526. The van der Waals surface area contributed by atoms with E-state index in [1.165, 1.54) is 27.3 Å². The fourth-order valence-corrected chi connectivity index (χ4v) is 5.92. The van der Waals surface area contributed by atoms with E-state index in [1.54, 1.807) is 11.3 Å². The first-order valence-corrected chi connectivity index (χ1v) is 10.6. The third-order valence-corrected chi connectivity index (χ3v) is 7.32. The van der Waals surface area contributed by atoms with E-state index in [0.29, 0.717) is 0 Å². The molecule has 1 aliphatic carbocycles. The number of thiophene rings is 2. The summed E-state index contributed by atoms with van der Waals surface area (Å²) in [7, 11) is 0. The van der Waals surface area contributed by atoms with Crippen LogP contribution in [0.1, 0.15) is 44.6 Å². The van der Waals surface area contributed by atoms with Crippen molar-refractivity contribution in [1.29, 1.82) is 0 Å². The lowest BCUT2D eigenvalue weighted by atomic mass is 9.88. The standard InChI is InChI=1S/C19H24N2OS2/c1-13-2-3-15-16(12-24-18(15)10-13)19(22)20-6-8-21-7-4-17-14(11-21)5-9-23-17/h5,9,12-13H,2-4,6-8,10-11H2,1H3,(H,20,22). The van der Waals surface area contributed by atoms with E-state index >= 15 is 0 Å². The van der Waals surface area contributed by atoms with Crippen molar-refractivity contribution in [2.24, 2.45) is 5.92 Å². The highest BCUT2D eigenvalue weighted by Crippen LogP contribution is 2.32. The van der Waals surface area contributed by atoms with Gasteiger partial charge in [0.25, 0.3) is 5.91 Å². The molecular weight excluding hydrogens is 336 g/mol. The van der Waals surface area contributed by atoms with E-state index in [1.807, 2.05) is 11.3 Å². The molecule has 1 unspecified atom stereocenters. The monoisotopic (exact) mass is 360 g/mol. The Bertz CT molecular complexity index is 734. The van der Waals surface area contributed by atoms with Crippen molar-refractivity contribution in [3.8, 4) is 0 Å². The number of rotatable bonds is 4. The second-order valence-corrected chi connectivity index (χ2v) is 9.02. The molecule has 3 nitrogen and oxygen atoms in total. The summed E-state index contributed by atoms with van der Waals surface area (Å²) in [5, 5.41) is 7.40. The van der Waals surface area contributed by atoms with Gasteiger partial charge in [0, 0.05) is 41.3 Å². The van der Waals surface area contributed by atoms with Crippen LogP contribution in [0, 0.1) is 5.92 Å². The number of hydrogen-bond acceptors (Lipinski definition) is 4. The smallest absolute Gasteiger partial charge is 0.252 e. The molecule has 0 radical (unpaired) electrons. The molecule has 1 aliphatic heterocycles. The average molecular weight is 361 g/mol. The highest BCUT2D eigenvalue weighted by molar-refractivity contribution is 7.10. The minimum atomic E-state index is 0.121. The lowest BCUT2D eigenvalue weighted by Gasteiger charge is -2.26. The van der Waals surface area contributed by atoms with Crippen molar-refractivity contribution in [3.63, 3.8) is 0 Å². The maximum absolute atomic E-state index is 12.5. The van der Waals surface area contributed by atoms with Gasteiger partial charge in [0.2, 0.25) is 0 Å². The van der Waals surface area contributed by atoms with Gasteiger partial charge in [-0.15, -0.1) is 22.7 Å². The zero-order valence-corrected chi connectivity index (χ0v) is 15.8. The maximum Gasteiger partial charge on any atom is 0.252 e. The van der Waals surface area contributed by atoms with Crippen LogP contribution >= 0.6 is 22.7 Å². The second kappa shape index (κ2) is 6.98. The number of amides is 1. The Morgan fingerprint density at radius 2 is 2.25 bits per heavy atom. The number of fused-ring (bicyclic) bond motifs is 2. The Labute approximate surface area is 151 Å². The lowest BCUT2D eigenvalue weighted by molar-refractivity contribution is 0.0946. The number of nitrogens with zero attached hydrogens (tertiary/aromatic N) is 1. The number of carbonyl (C=O) groups excluding carboxylic acids is 1. The lowest BCUT2D eigenvalue weighted by Crippen LogP contribution is -2.37. The maximum atomic E-state index is 12.5. The van der Waals surface area contributed by atoms with E-state index in [0.717, 1.165) is 56.9 Å². The molecule has 1 N–H and O–H groups in total. The Morgan fingerprint density at radius 1 is 1.33 bits per heavy atom. The van der Waals surface area contributed by atoms with Crippen LogP contribution in [0.15, 0.2) is 16.8 Å². The summed E-state index contributed by atoms with van der Waals surface area (Å²) in [6.45, 7) is 6.11. The SMILES string of the molecule is CC1CCc2c(C(=O)NCCN3CCc4sccc4C3)csc2C1. The van der Waals surface area contributed by atoms with Gasteiger partial charge in [0.15, 0.2) is 0 Å².